The fourth-order valence-corrected chi connectivity index (χ4v) is 3.67. The molecule has 0 atom stereocenters. The lowest BCUT2D eigenvalue weighted by Crippen LogP contribution is -2.05. The molecule has 0 aliphatic carbocycles. The highest BCUT2D eigenvalue weighted by atomic mass is 16.3. The standard InChI is InChI=1S/C24H22N6O/c1-15-4-7-18(8-5-15)21-23(31)22(30(29-21)14-17-3-2-10-26-13-17)24-27-19-9-6-16(12-25)11-20(19)28-24/h2-11,13,31H,12,14,25H2,1H3,(H,27,28). The molecule has 31 heavy (non-hydrogen) atoms. The minimum atomic E-state index is 0.0887. The molecule has 7 nitrogen and oxygen atoms in total. The van der Waals surface area contributed by atoms with Crippen LogP contribution in [0.1, 0.15) is 16.7 Å². The number of imidazole rings is 1. The Morgan fingerprint density at radius 2 is 1.90 bits per heavy atom. The van der Waals surface area contributed by atoms with Crippen molar-refractivity contribution in [2.75, 3.05) is 0 Å². The normalized spacial score (nSPS) is 11.3. The number of benzene rings is 2. The molecule has 4 N–H and O–H groups in total. The van der Waals surface area contributed by atoms with Crippen molar-refractivity contribution >= 4 is 11.0 Å². The van der Waals surface area contributed by atoms with Gasteiger partial charge in [0.2, 0.25) is 0 Å². The summed E-state index contributed by atoms with van der Waals surface area (Å²) in [5.41, 5.74) is 12.5. The Kier molecular flexibility index (Phi) is 4.72. The molecule has 0 spiro atoms. The van der Waals surface area contributed by atoms with Crippen molar-refractivity contribution in [1.82, 2.24) is 24.7 Å². The van der Waals surface area contributed by atoms with Crippen molar-refractivity contribution < 1.29 is 5.11 Å². The molecule has 154 valence electrons. The van der Waals surface area contributed by atoms with Crippen molar-refractivity contribution in [2.24, 2.45) is 5.73 Å². The van der Waals surface area contributed by atoms with E-state index in [2.05, 4.69) is 9.97 Å². The average Bonchev–Trinajstić information content (AvgIpc) is 3.34. The molecule has 0 bridgehead atoms. The number of aromatic amines is 1. The maximum Gasteiger partial charge on any atom is 0.173 e. The van der Waals surface area contributed by atoms with E-state index in [0.29, 0.717) is 30.3 Å². The first kappa shape index (κ1) is 19.0. The van der Waals surface area contributed by atoms with Gasteiger partial charge in [0.1, 0.15) is 11.4 Å². The van der Waals surface area contributed by atoms with E-state index in [1.807, 2.05) is 61.5 Å². The predicted molar refractivity (Wildman–Crippen MR) is 120 cm³/mol. The van der Waals surface area contributed by atoms with Crippen LogP contribution in [0.25, 0.3) is 33.8 Å². The monoisotopic (exact) mass is 410 g/mol. The molecule has 0 aliphatic heterocycles. The maximum absolute atomic E-state index is 11.2. The molecule has 2 aromatic carbocycles. The van der Waals surface area contributed by atoms with Crippen LogP contribution in [-0.4, -0.2) is 29.8 Å². The number of hydrogen-bond acceptors (Lipinski definition) is 5. The number of nitrogens with zero attached hydrogens (tertiary/aromatic N) is 4. The van der Waals surface area contributed by atoms with Crippen molar-refractivity contribution in [1.29, 1.82) is 0 Å². The van der Waals surface area contributed by atoms with Crippen molar-refractivity contribution in [3.05, 3.63) is 83.7 Å². The largest absolute Gasteiger partial charge is 0.504 e. The zero-order chi connectivity index (χ0) is 21.4. The van der Waals surface area contributed by atoms with E-state index in [1.54, 1.807) is 17.1 Å². The Morgan fingerprint density at radius 1 is 1.06 bits per heavy atom. The van der Waals surface area contributed by atoms with Gasteiger partial charge in [0.05, 0.1) is 17.6 Å². The van der Waals surface area contributed by atoms with Crippen LogP contribution in [0.5, 0.6) is 5.75 Å². The van der Waals surface area contributed by atoms with Gasteiger partial charge in [-0.3, -0.25) is 9.67 Å². The molecule has 5 rings (SSSR count). The number of H-pyrrole nitrogens is 1. The first-order chi connectivity index (χ1) is 15.1. The number of hydrogen-bond donors (Lipinski definition) is 3. The Balaban J connectivity index is 1.67. The number of aryl methyl sites for hydroxylation is 1. The second kappa shape index (κ2) is 7.70. The van der Waals surface area contributed by atoms with E-state index in [9.17, 15) is 5.11 Å². The molecule has 3 aromatic heterocycles. The average molecular weight is 410 g/mol. The first-order valence-electron chi connectivity index (χ1n) is 10.1. The fraction of sp³-hybridized carbons (Fsp3) is 0.125. The summed E-state index contributed by atoms with van der Waals surface area (Å²) in [4.78, 5) is 12.2. The SMILES string of the molecule is Cc1ccc(-c2nn(Cc3cccnc3)c(-c3nc4ccc(CN)cc4[nH]3)c2O)cc1. The third kappa shape index (κ3) is 3.55. The van der Waals surface area contributed by atoms with Crippen LogP contribution in [0.4, 0.5) is 0 Å². The van der Waals surface area contributed by atoms with Crippen LogP contribution >= 0.6 is 0 Å². The quantitative estimate of drug-likeness (QED) is 0.406. The molecule has 0 saturated carbocycles. The lowest BCUT2D eigenvalue weighted by Gasteiger charge is -2.05. The molecule has 7 heteroatoms. The van der Waals surface area contributed by atoms with Gasteiger partial charge in [-0.15, -0.1) is 0 Å². The molecule has 5 aromatic rings. The van der Waals surface area contributed by atoms with Gasteiger partial charge in [-0.05, 0) is 36.2 Å². The second-order valence-corrected chi connectivity index (χ2v) is 7.57. The Bertz CT molecular complexity index is 1350. The van der Waals surface area contributed by atoms with Crippen molar-refractivity contribution in [3.63, 3.8) is 0 Å². The van der Waals surface area contributed by atoms with Gasteiger partial charge in [0.25, 0.3) is 0 Å². The van der Waals surface area contributed by atoms with Crippen LogP contribution in [-0.2, 0) is 13.1 Å². The molecule has 0 amide bonds. The fourth-order valence-electron chi connectivity index (χ4n) is 3.67. The van der Waals surface area contributed by atoms with Gasteiger partial charge in [0, 0.05) is 24.5 Å². The Hall–Kier alpha value is -3.97. The van der Waals surface area contributed by atoms with Gasteiger partial charge in [-0.1, -0.05) is 42.0 Å². The van der Waals surface area contributed by atoms with E-state index in [4.69, 9.17) is 15.8 Å². The van der Waals surface area contributed by atoms with Crippen molar-refractivity contribution in [3.8, 4) is 28.5 Å². The number of aromatic hydroxyl groups is 1. The maximum atomic E-state index is 11.2. The minimum Gasteiger partial charge on any atom is -0.504 e. The lowest BCUT2D eigenvalue weighted by molar-refractivity contribution is 0.478. The van der Waals surface area contributed by atoms with E-state index in [1.165, 1.54) is 0 Å². The second-order valence-electron chi connectivity index (χ2n) is 7.57. The molecule has 0 radical (unpaired) electrons. The third-order valence-corrected chi connectivity index (χ3v) is 5.31. The summed E-state index contributed by atoms with van der Waals surface area (Å²) in [5.74, 6) is 0.641. The van der Waals surface area contributed by atoms with Crippen LogP contribution in [0, 0.1) is 6.92 Å². The summed E-state index contributed by atoms with van der Waals surface area (Å²) >= 11 is 0. The summed E-state index contributed by atoms with van der Waals surface area (Å²) in [6.07, 6.45) is 3.53. The number of pyridine rings is 1. The van der Waals surface area contributed by atoms with Crippen LogP contribution in [0.2, 0.25) is 0 Å². The molecule has 0 unspecified atom stereocenters. The van der Waals surface area contributed by atoms with Crippen LogP contribution in [0.15, 0.2) is 67.0 Å². The van der Waals surface area contributed by atoms with E-state index in [0.717, 1.165) is 33.3 Å². The zero-order valence-corrected chi connectivity index (χ0v) is 17.1. The summed E-state index contributed by atoms with van der Waals surface area (Å²) in [6, 6.07) is 17.7. The summed E-state index contributed by atoms with van der Waals surface area (Å²) < 4.78 is 1.77. The van der Waals surface area contributed by atoms with E-state index < -0.39 is 0 Å². The topological polar surface area (TPSA) is 106 Å². The van der Waals surface area contributed by atoms with E-state index in [-0.39, 0.29) is 5.75 Å². The zero-order valence-electron chi connectivity index (χ0n) is 17.1. The predicted octanol–water partition coefficient (Wildman–Crippen LogP) is 4.01. The van der Waals surface area contributed by atoms with Crippen molar-refractivity contribution in [2.45, 2.75) is 20.0 Å². The molecule has 0 saturated heterocycles. The highest BCUT2D eigenvalue weighted by molar-refractivity contribution is 5.83. The highest BCUT2D eigenvalue weighted by Crippen LogP contribution is 2.38. The summed E-state index contributed by atoms with van der Waals surface area (Å²) in [5, 5.41) is 16.0. The van der Waals surface area contributed by atoms with Gasteiger partial charge < -0.3 is 15.8 Å². The molecule has 0 aliphatic rings. The Morgan fingerprint density at radius 3 is 2.65 bits per heavy atom. The summed E-state index contributed by atoms with van der Waals surface area (Å²) in [6.45, 7) is 2.93. The first-order valence-corrected chi connectivity index (χ1v) is 10.1. The number of fused-ring (bicyclic) bond motifs is 1. The van der Waals surface area contributed by atoms with Gasteiger partial charge in [-0.25, -0.2) is 4.98 Å². The van der Waals surface area contributed by atoms with E-state index >= 15 is 0 Å². The molecular formula is C24H22N6O. The van der Waals surface area contributed by atoms with Gasteiger partial charge in [0.15, 0.2) is 11.6 Å². The minimum absolute atomic E-state index is 0.0887. The van der Waals surface area contributed by atoms with Crippen LogP contribution < -0.4 is 5.73 Å². The number of nitrogens with two attached hydrogens (primary N) is 1. The Labute approximate surface area is 179 Å². The van der Waals surface area contributed by atoms with Gasteiger partial charge >= 0.3 is 0 Å². The smallest absolute Gasteiger partial charge is 0.173 e. The highest BCUT2D eigenvalue weighted by Gasteiger charge is 2.23. The third-order valence-electron chi connectivity index (χ3n) is 5.31. The summed E-state index contributed by atoms with van der Waals surface area (Å²) in [7, 11) is 0. The number of rotatable bonds is 5. The lowest BCUT2D eigenvalue weighted by atomic mass is 10.1. The molecule has 0 fully saturated rings. The number of aromatic nitrogens is 5. The molecule has 3 heterocycles. The van der Waals surface area contributed by atoms with Crippen LogP contribution in [0.3, 0.4) is 0 Å². The van der Waals surface area contributed by atoms with Gasteiger partial charge in [-0.2, -0.15) is 5.10 Å². The number of nitrogens with one attached hydrogen (secondary N) is 1. The molecular weight excluding hydrogens is 388 g/mol.